The summed E-state index contributed by atoms with van der Waals surface area (Å²) in [6.45, 7) is 5.56. The van der Waals surface area contributed by atoms with Gasteiger partial charge in [0.25, 0.3) is 0 Å². The summed E-state index contributed by atoms with van der Waals surface area (Å²) in [4.78, 5) is 6.71. The second kappa shape index (κ2) is 6.50. The van der Waals surface area contributed by atoms with E-state index in [1.165, 1.54) is 12.1 Å². The van der Waals surface area contributed by atoms with Gasteiger partial charge in [-0.15, -0.1) is 0 Å². The van der Waals surface area contributed by atoms with Gasteiger partial charge in [0.1, 0.15) is 11.6 Å². The van der Waals surface area contributed by atoms with Crippen LogP contribution in [0.1, 0.15) is 30.7 Å². The molecule has 120 valence electrons. The van der Waals surface area contributed by atoms with Gasteiger partial charge < -0.3 is 5.11 Å². The molecule has 1 aliphatic rings. The van der Waals surface area contributed by atoms with Crippen LogP contribution in [0, 0.1) is 5.82 Å². The number of hydrogen-bond acceptors (Lipinski definition) is 3. The summed E-state index contributed by atoms with van der Waals surface area (Å²) in [5.41, 5.74) is 3.86. The van der Waals surface area contributed by atoms with Gasteiger partial charge in [0, 0.05) is 24.4 Å². The van der Waals surface area contributed by atoms with Crippen LogP contribution in [-0.4, -0.2) is 34.1 Å². The Morgan fingerprint density at radius 3 is 2.35 bits per heavy atom. The van der Waals surface area contributed by atoms with Crippen molar-refractivity contribution in [3.05, 3.63) is 71.0 Å². The van der Waals surface area contributed by atoms with Crippen LogP contribution in [0.3, 0.4) is 0 Å². The molecular weight excluding hydrogens is 291 g/mol. The van der Waals surface area contributed by atoms with Crippen LogP contribution in [0.5, 0.6) is 0 Å². The first-order valence-corrected chi connectivity index (χ1v) is 7.87. The molecular formula is C19H21FN2O. The lowest BCUT2D eigenvalue weighted by Gasteiger charge is -2.19. The zero-order valence-electron chi connectivity index (χ0n) is 13.5. The highest BCUT2D eigenvalue weighted by atomic mass is 19.1. The van der Waals surface area contributed by atoms with Crippen LogP contribution in [0.2, 0.25) is 0 Å². The maximum atomic E-state index is 12.9. The van der Waals surface area contributed by atoms with Crippen molar-refractivity contribution in [2.24, 2.45) is 0 Å². The molecule has 23 heavy (non-hydrogen) atoms. The molecule has 0 spiro atoms. The molecule has 4 heteroatoms. The molecule has 2 heterocycles. The number of halogens is 1. The molecule has 0 atom stereocenters. The predicted molar refractivity (Wildman–Crippen MR) is 89.7 cm³/mol. The molecule has 1 aliphatic heterocycles. The zero-order valence-corrected chi connectivity index (χ0v) is 13.5. The number of benzene rings is 1. The number of hydrogen-bond donors (Lipinski definition) is 1. The highest BCUT2D eigenvalue weighted by Crippen LogP contribution is 2.25. The number of aliphatic hydroxyl groups is 1. The summed E-state index contributed by atoms with van der Waals surface area (Å²) in [6, 6.07) is 10.9. The van der Waals surface area contributed by atoms with Crippen LogP contribution >= 0.6 is 0 Å². The van der Waals surface area contributed by atoms with Gasteiger partial charge in [0.05, 0.1) is 12.2 Å². The molecule has 0 radical (unpaired) electrons. The lowest BCUT2D eigenvalue weighted by Crippen LogP contribution is -2.29. The Morgan fingerprint density at radius 1 is 1.09 bits per heavy atom. The van der Waals surface area contributed by atoms with E-state index in [4.69, 9.17) is 0 Å². The molecule has 2 aromatic rings. The zero-order chi connectivity index (χ0) is 16.4. The van der Waals surface area contributed by atoms with Crippen LogP contribution < -0.4 is 0 Å². The Morgan fingerprint density at radius 2 is 1.78 bits per heavy atom. The molecule has 0 bridgehead atoms. The number of aromatic nitrogens is 1. The smallest absolute Gasteiger partial charge is 0.123 e. The third-order valence-electron chi connectivity index (χ3n) is 4.25. The highest BCUT2D eigenvalue weighted by Gasteiger charge is 2.25. The molecule has 0 saturated heterocycles. The van der Waals surface area contributed by atoms with E-state index >= 15 is 0 Å². The number of aliphatic hydroxyl groups excluding tert-OH is 1. The maximum absolute atomic E-state index is 12.9. The summed E-state index contributed by atoms with van der Waals surface area (Å²) in [5.74, 6) is 0.193. The van der Waals surface area contributed by atoms with Crippen LogP contribution in [0.25, 0.3) is 5.57 Å². The van der Waals surface area contributed by atoms with Gasteiger partial charge in [0.15, 0.2) is 0 Å². The standard InChI is InChI=1S/C19H21FN2O/c1-13(2)22-11-17(19(23)12-22)18-8-5-15(10-21-18)9-14-3-6-16(20)7-4-14/h3-8,10,13,23H,9,11-12H2,1-2H3. The van der Waals surface area contributed by atoms with Gasteiger partial charge >= 0.3 is 0 Å². The summed E-state index contributed by atoms with van der Waals surface area (Å²) in [5, 5.41) is 10.2. The molecule has 0 unspecified atom stereocenters. The molecule has 0 fully saturated rings. The van der Waals surface area contributed by atoms with Crippen molar-refractivity contribution in [1.29, 1.82) is 0 Å². The third-order valence-corrected chi connectivity index (χ3v) is 4.25. The second-order valence-electron chi connectivity index (χ2n) is 6.28. The number of rotatable bonds is 4. The van der Waals surface area contributed by atoms with Crippen LogP contribution in [0.4, 0.5) is 4.39 Å². The Balaban J connectivity index is 1.72. The van der Waals surface area contributed by atoms with Crippen LogP contribution in [0.15, 0.2) is 48.4 Å². The minimum Gasteiger partial charge on any atom is -0.511 e. The molecule has 0 amide bonds. The minimum absolute atomic E-state index is 0.222. The summed E-state index contributed by atoms with van der Waals surface area (Å²) >= 11 is 0. The predicted octanol–water partition coefficient (Wildman–Crippen LogP) is 3.80. The Hall–Kier alpha value is -2.20. The monoisotopic (exact) mass is 312 g/mol. The fraction of sp³-hybridized carbons (Fsp3) is 0.316. The SMILES string of the molecule is CC(C)N1CC(O)=C(c2ccc(Cc3ccc(F)cc3)cn2)C1. The van der Waals surface area contributed by atoms with E-state index in [0.29, 0.717) is 18.3 Å². The quantitative estimate of drug-likeness (QED) is 0.933. The van der Waals surface area contributed by atoms with E-state index in [1.807, 2.05) is 18.3 Å². The van der Waals surface area contributed by atoms with Gasteiger partial charge in [-0.3, -0.25) is 9.88 Å². The first-order chi connectivity index (χ1) is 11.0. The normalized spacial score (nSPS) is 15.7. The lowest BCUT2D eigenvalue weighted by atomic mass is 10.1. The molecule has 1 aromatic carbocycles. The van der Waals surface area contributed by atoms with Crippen molar-refractivity contribution >= 4 is 5.57 Å². The third kappa shape index (κ3) is 3.59. The summed E-state index contributed by atoms with van der Waals surface area (Å²) in [6.07, 6.45) is 2.55. The van der Waals surface area contributed by atoms with Crippen molar-refractivity contribution in [1.82, 2.24) is 9.88 Å². The first-order valence-electron chi connectivity index (χ1n) is 7.87. The van der Waals surface area contributed by atoms with E-state index in [1.54, 1.807) is 12.1 Å². The van der Waals surface area contributed by atoms with Gasteiger partial charge in [0.2, 0.25) is 0 Å². The van der Waals surface area contributed by atoms with Crippen molar-refractivity contribution in [2.45, 2.75) is 26.3 Å². The Labute approximate surface area is 136 Å². The largest absolute Gasteiger partial charge is 0.511 e. The molecule has 0 saturated carbocycles. The molecule has 1 aromatic heterocycles. The topological polar surface area (TPSA) is 36.4 Å². The number of nitrogens with zero attached hydrogens (tertiary/aromatic N) is 2. The molecule has 1 N–H and O–H groups in total. The van der Waals surface area contributed by atoms with E-state index in [-0.39, 0.29) is 5.82 Å². The van der Waals surface area contributed by atoms with E-state index in [2.05, 4.69) is 23.7 Å². The van der Waals surface area contributed by atoms with Crippen molar-refractivity contribution in [2.75, 3.05) is 13.1 Å². The minimum atomic E-state index is -0.222. The first kappa shape index (κ1) is 15.7. The van der Waals surface area contributed by atoms with E-state index in [9.17, 15) is 9.50 Å². The van der Waals surface area contributed by atoms with Crippen LogP contribution in [-0.2, 0) is 6.42 Å². The van der Waals surface area contributed by atoms with Crippen molar-refractivity contribution in [3.63, 3.8) is 0 Å². The van der Waals surface area contributed by atoms with Gasteiger partial charge in [-0.1, -0.05) is 18.2 Å². The Kier molecular flexibility index (Phi) is 4.44. The molecule has 3 rings (SSSR count). The number of pyridine rings is 1. The second-order valence-corrected chi connectivity index (χ2v) is 6.28. The highest BCUT2D eigenvalue weighted by molar-refractivity contribution is 5.68. The van der Waals surface area contributed by atoms with E-state index in [0.717, 1.165) is 35.4 Å². The average Bonchev–Trinajstić information content (AvgIpc) is 2.93. The van der Waals surface area contributed by atoms with Crippen molar-refractivity contribution in [3.8, 4) is 0 Å². The van der Waals surface area contributed by atoms with E-state index < -0.39 is 0 Å². The van der Waals surface area contributed by atoms with Gasteiger partial charge in [-0.05, 0) is 49.6 Å². The fourth-order valence-corrected chi connectivity index (χ4v) is 2.78. The molecule has 3 nitrogen and oxygen atoms in total. The summed E-state index contributed by atoms with van der Waals surface area (Å²) < 4.78 is 12.9. The average molecular weight is 312 g/mol. The Bertz CT molecular complexity index is 705. The molecule has 0 aliphatic carbocycles. The lowest BCUT2D eigenvalue weighted by molar-refractivity contribution is 0.256. The summed E-state index contributed by atoms with van der Waals surface area (Å²) in [7, 11) is 0. The fourth-order valence-electron chi connectivity index (χ4n) is 2.78. The van der Waals surface area contributed by atoms with Gasteiger partial charge in [-0.25, -0.2) is 4.39 Å². The van der Waals surface area contributed by atoms with Crippen molar-refractivity contribution < 1.29 is 9.50 Å². The maximum Gasteiger partial charge on any atom is 0.123 e. The van der Waals surface area contributed by atoms with Gasteiger partial charge in [-0.2, -0.15) is 0 Å².